The molecular formula is C11H11N5O. The van der Waals surface area contributed by atoms with E-state index in [0.717, 1.165) is 5.56 Å². The summed E-state index contributed by atoms with van der Waals surface area (Å²) in [5.41, 5.74) is 9.66. The molecule has 1 atom stereocenters. The maximum Gasteiger partial charge on any atom is 0.300 e. The van der Waals surface area contributed by atoms with E-state index in [4.69, 9.17) is 12.1 Å². The third kappa shape index (κ3) is 3.86. The smallest absolute Gasteiger partial charge is 0.300 e. The second-order valence-corrected chi connectivity index (χ2v) is 3.39. The molecular weight excluding hydrogens is 218 g/mol. The van der Waals surface area contributed by atoms with Crippen molar-refractivity contribution in [3.05, 3.63) is 51.7 Å². The van der Waals surface area contributed by atoms with Crippen LogP contribution in [0.5, 0.6) is 0 Å². The highest BCUT2D eigenvalue weighted by Gasteiger charge is 2.10. The van der Waals surface area contributed by atoms with Gasteiger partial charge in [-0.2, -0.15) is 0 Å². The Morgan fingerprint density at radius 3 is 2.71 bits per heavy atom. The Morgan fingerprint density at radius 2 is 2.18 bits per heavy atom. The Morgan fingerprint density at radius 1 is 1.53 bits per heavy atom. The summed E-state index contributed by atoms with van der Waals surface area (Å²) in [6.07, 6.45) is 0. The molecule has 1 aromatic carbocycles. The topological polar surface area (TPSA) is 82.2 Å². The summed E-state index contributed by atoms with van der Waals surface area (Å²) in [7, 11) is 0. The highest BCUT2D eigenvalue weighted by Crippen LogP contribution is 2.17. The molecule has 1 N–H and O–H groups in total. The van der Waals surface area contributed by atoms with E-state index < -0.39 is 0 Å². The predicted octanol–water partition coefficient (Wildman–Crippen LogP) is 2.72. The largest absolute Gasteiger partial charge is 0.343 e. The van der Waals surface area contributed by atoms with Gasteiger partial charge in [-0.05, 0) is 18.0 Å². The molecule has 0 saturated carbocycles. The monoisotopic (exact) mass is 229 g/mol. The van der Waals surface area contributed by atoms with Gasteiger partial charge < -0.3 is 10.2 Å². The van der Waals surface area contributed by atoms with E-state index in [1.54, 1.807) is 24.3 Å². The molecule has 0 aliphatic carbocycles. The van der Waals surface area contributed by atoms with E-state index in [2.05, 4.69) is 20.2 Å². The van der Waals surface area contributed by atoms with Crippen molar-refractivity contribution in [2.24, 2.45) is 5.11 Å². The second-order valence-electron chi connectivity index (χ2n) is 3.39. The average molecular weight is 229 g/mol. The summed E-state index contributed by atoms with van der Waals surface area (Å²) >= 11 is 0. The van der Waals surface area contributed by atoms with Gasteiger partial charge in [0.05, 0.1) is 6.04 Å². The van der Waals surface area contributed by atoms with E-state index in [1.807, 2.05) is 6.92 Å². The number of hydrogen-bond donors (Lipinski definition) is 1. The Hall–Kier alpha value is -2.51. The number of carbonyl (C=O) groups excluding carboxylic acids is 1. The van der Waals surface area contributed by atoms with Crippen LogP contribution in [0.25, 0.3) is 15.3 Å². The summed E-state index contributed by atoms with van der Waals surface area (Å²) in [6.45, 7) is 8.23. The minimum absolute atomic E-state index is 0.166. The molecule has 17 heavy (non-hydrogen) atoms. The first-order valence-corrected chi connectivity index (χ1v) is 4.95. The minimum Gasteiger partial charge on any atom is -0.343 e. The average Bonchev–Trinajstić information content (AvgIpc) is 2.30. The van der Waals surface area contributed by atoms with Crippen molar-refractivity contribution in [3.8, 4) is 0 Å². The summed E-state index contributed by atoms with van der Waals surface area (Å²) in [4.78, 5) is 16.9. The van der Waals surface area contributed by atoms with Crippen molar-refractivity contribution in [1.82, 2.24) is 5.32 Å². The van der Waals surface area contributed by atoms with Gasteiger partial charge in [-0.1, -0.05) is 29.4 Å². The highest BCUT2D eigenvalue weighted by atomic mass is 16.1. The van der Waals surface area contributed by atoms with Gasteiger partial charge in [0.2, 0.25) is 0 Å². The number of benzene rings is 1. The highest BCUT2D eigenvalue weighted by molar-refractivity contribution is 5.79. The molecule has 0 aliphatic rings. The Kier molecular flexibility index (Phi) is 4.55. The maximum absolute atomic E-state index is 11.2. The van der Waals surface area contributed by atoms with Crippen LogP contribution in [0.2, 0.25) is 0 Å². The molecule has 6 nitrogen and oxygen atoms in total. The van der Waals surface area contributed by atoms with Crippen LogP contribution in [-0.4, -0.2) is 12.5 Å². The second kappa shape index (κ2) is 6.16. The van der Waals surface area contributed by atoms with Crippen LogP contribution in [0.4, 0.5) is 5.69 Å². The van der Waals surface area contributed by atoms with Crippen LogP contribution in [0, 0.1) is 6.57 Å². The zero-order valence-corrected chi connectivity index (χ0v) is 9.29. The fourth-order valence-corrected chi connectivity index (χ4v) is 1.32. The quantitative estimate of drug-likeness (QED) is 0.366. The summed E-state index contributed by atoms with van der Waals surface area (Å²) in [5, 5.41) is 6.14. The number of carbonyl (C=O) groups is 1. The normalized spacial score (nSPS) is 10.8. The van der Waals surface area contributed by atoms with Gasteiger partial charge in [0, 0.05) is 10.6 Å². The molecule has 0 aromatic heterocycles. The molecule has 86 valence electrons. The van der Waals surface area contributed by atoms with Crippen LogP contribution >= 0.6 is 0 Å². The zero-order valence-electron chi connectivity index (χ0n) is 9.29. The molecule has 0 saturated heterocycles. The third-order valence-electron chi connectivity index (χ3n) is 2.15. The van der Waals surface area contributed by atoms with E-state index in [9.17, 15) is 4.79 Å². The van der Waals surface area contributed by atoms with Crippen LogP contribution in [0.3, 0.4) is 0 Å². The predicted molar refractivity (Wildman–Crippen MR) is 63.3 cm³/mol. The summed E-state index contributed by atoms with van der Waals surface area (Å²) in [5.74, 6) is -0.299. The molecule has 6 heteroatoms. The first-order valence-electron chi connectivity index (χ1n) is 4.95. The van der Waals surface area contributed by atoms with Crippen LogP contribution in [-0.2, 0) is 4.79 Å². The number of azide groups is 1. The lowest BCUT2D eigenvalue weighted by Crippen LogP contribution is -2.28. The summed E-state index contributed by atoms with van der Waals surface area (Å²) < 4.78 is 0. The van der Waals surface area contributed by atoms with Crippen molar-refractivity contribution >= 4 is 11.6 Å². The van der Waals surface area contributed by atoms with E-state index in [-0.39, 0.29) is 18.5 Å². The van der Waals surface area contributed by atoms with Crippen molar-refractivity contribution in [1.29, 1.82) is 0 Å². The fraction of sp³-hybridized carbons (Fsp3) is 0.273. The van der Waals surface area contributed by atoms with Gasteiger partial charge in [0.25, 0.3) is 6.54 Å². The Labute approximate surface area is 98.7 Å². The molecule has 0 radical (unpaired) electrons. The molecule has 0 aliphatic heterocycles. The standard InChI is InChI=1S/C11H11N5O/c1-8(14-11(17)7-13-2)9-3-5-10(6-4-9)15-16-12/h3-6,8H,7H2,1H3,(H,14,17)/t8-/m0/s1. The maximum atomic E-state index is 11.2. The van der Waals surface area contributed by atoms with Gasteiger partial charge in [0.15, 0.2) is 0 Å². The van der Waals surface area contributed by atoms with Crippen molar-refractivity contribution in [2.45, 2.75) is 13.0 Å². The number of amides is 1. The number of hydrogen-bond acceptors (Lipinski definition) is 2. The van der Waals surface area contributed by atoms with Crippen LogP contribution in [0.15, 0.2) is 29.4 Å². The molecule has 1 rings (SSSR count). The fourth-order valence-electron chi connectivity index (χ4n) is 1.32. The summed E-state index contributed by atoms with van der Waals surface area (Å²) in [6, 6.07) is 6.71. The molecule has 0 spiro atoms. The van der Waals surface area contributed by atoms with Gasteiger partial charge >= 0.3 is 5.91 Å². The molecule has 0 heterocycles. The van der Waals surface area contributed by atoms with Crippen LogP contribution in [0.1, 0.15) is 18.5 Å². The van der Waals surface area contributed by atoms with Gasteiger partial charge in [0.1, 0.15) is 0 Å². The van der Waals surface area contributed by atoms with Crippen molar-refractivity contribution in [2.75, 3.05) is 6.54 Å². The first kappa shape index (κ1) is 12.6. The third-order valence-corrected chi connectivity index (χ3v) is 2.15. The first-order chi connectivity index (χ1) is 8.17. The lowest BCUT2D eigenvalue weighted by atomic mass is 10.1. The molecule has 0 unspecified atom stereocenters. The van der Waals surface area contributed by atoms with E-state index >= 15 is 0 Å². The number of rotatable bonds is 4. The van der Waals surface area contributed by atoms with Gasteiger partial charge in [-0.25, -0.2) is 6.57 Å². The number of nitrogens with one attached hydrogen (secondary N) is 1. The lowest BCUT2D eigenvalue weighted by molar-refractivity contribution is -0.119. The Balaban J connectivity index is 2.70. The van der Waals surface area contributed by atoms with E-state index in [0.29, 0.717) is 5.69 Å². The van der Waals surface area contributed by atoms with Crippen molar-refractivity contribution < 1.29 is 4.79 Å². The molecule has 1 amide bonds. The lowest BCUT2D eigenvalue weighted by Gasteiger charge is -2.12. The minimum atomic E-state index is -0.299. The zero-order chi connectivity index (χ0) is 12.7. The number of nitrogens with zero attached hydrogens (tertiary/aromatic N) is 4. The van der Waals surface area contributed by atoms with Gasteiger partial charge in [-0.3, -0.25) is 4.79 Å². The van der Waals surface area contributed by atoms with Crippen LogP contribution < -0.4 is 5.32 Å². The SMILES string of the molecule is [C-]#[N+]CC(=O)N[C@@H](C)c1ccc(N=[N+]=[N-])cc1. The Bertz CT molecular complexity index is 482. The van der Waals surface area contributed by atoms with Gasteiger partial charge in [-0.15, -0.1) is 0 Å². The van der Waals surface area contributed by atoms with Crippen molar-refractivity contribution in [3.63, 3.8) is 0 Å². The molecule has 1 aromatic rings. The van der Waals surface area contributed by atoms with E-state index in [1.165, 1.54) is 0 Å². The molecule has 0 bridgehead atoms. The molecule has 0 fully saturated rings.